The topological polar surface area (TPSA) is 81.1 Å². The number of rotatable bonds is 4. The van der Waals surface area contributed by atoms with Gasteiger partial charge in [0, 0.05) is 18.8 Å². The van der Waals surface area contributed by atoms with Gasteiger partial charge in [0.25, 0.3) is 0 Å². The normalized spacial score (nSPS) is 19.9. The van der Waals surface area contributed by atoms with Crippen LogP contribution in [0.15, 0.2) is 28.9 Å². The summed E-state index contributed by atoms with van der Waals surface area (Å²) >= 11 is 0. The van der Waals surface area contributed by atoms with Crippen LogP contribution in [0.25, 0.3) is 11.5 Å². The molecule has 100 valence electrons. The van der Waals surface area contributed by atoms with E-state index < -0.39 is 0 Å². The van der Waals surface area contributed by atoms with E-state index in [4.69, 9.17) is 10.3 Å². The molecule has 1 atom stereocenters. The van der Waals surface area contributed by atoms with Crippen molar-refractivity contribution in [2.75, 3.05) is 13.1 Å². The molecule has 1 aliphatic rings. The zero-order valence-electron chi connectivity index (χ0n) is 10.7. The minimum absolute atomic E-state index is 0.435. The Balaban J connectivity index is 1.72. The second-order valence-electron chi connectivity index (χ2n) is 4.73. The summed E-state index contributed by atoms with van der Waals surface area (Å²) in [4.78, 5) is 10.9. The van der Waals surface area contributed by atoms with Gasteiger partial charge in [-0.2, -0.15) is 4.98 Å². The van der Waals surface area contributed by atoms with Crippen LogP contribution in [0.5, 0.6) is 0 Å². The largest absolute Gasteiger partial charge is 0.337 e. The second-order valence-corrected chi connectivity index (χ2v) is 4.73. The van der Waals surface area contributed by atoms with Gasteiger partial charge in [-0.15, -0.1) is 0 Å². The fourth-order valence-electron chi connectivity index (χ4n) is 2.46. The minimum Gasteiger partial charge on any atom is -0.337 e. The number of nitrogens with two attached hydrogens (primary N) is 1. The molecule has 2 N–H and O–H groups in total. The fourth-order valence-corrected chi connectivity index (χ4v) is 2.46. The van der Waals surface area contributed by atoms with E-state index in [1.807, 2.05) is 18.2 Å². The number of pyridine rings is 1. The van der Waals surface area contributed by atoms with Gasteiger partial charge in [0.2, 0.25) is 11.7 Å². The van der Waals surface area contributed by atoms with Crippen LogP contribution in [0.1, 0.15) is 18.7 Å². The molecule has 19 heavy (non-hydrogen) atoms. The first-order valence-corrected chi connectivity index (χ1v) is 6.55. The molecule has 1 aliphatic heterocycles. The lowest BCUT2D eigenvalue weighted by molar-refractivity contribution is 0.214. The maximum absolute atomic E-state index is 5.76. The molecule has 6 nitrogen and oxygen atoms in total. The second kappa shape index (κ2) is 5.46. The monoisotopic (exact) mass is 259 g/mol. The Morgan fingerprint density at radius 2 is 2.37 bits per heavy atom. The van der Waals surface area contributed by atoms with Crippen molar-refractivity contribution in [1.82, 2.24) is 20.0 Å². The Kier molecular flexibility index (Phi) is 3.52. The maximum Gasteiger partial charge on any atom is 0.241 e. The minimum atomic E-state index is 0.435. The van der Waals surface area contributed by atoms with Crippen molar-refractivity contribution in [3.63, 3.8) is 0 Å². The van der Waals surface area contributed by atoms with Gasteiger partial charge in [-0.3, -0.25) is 9.88 Å². The average molecular weight is 259 g/mol. The van der Waals surface area contributed by atoms with Crippen molar-refractivity contribution in [3.05, 3.63) is 30.3 Å². The highest BCUT2D eigenvalue weighted by atomic mass is 16.5. The molecule has 2 aromatic heterocycles. The predicted octanol–water partition coefficient (Wildman–Crippen LogP) is 1.05. The van der Waals surface area contributed by atoms with Crippen LogP contribution in [-0.4, -0.2) is 39.2 Å². The number of likely N-dealkylation sites (tertiary alicyclic amines) is 1. The quantitative estimate of drug-likeness (QED) is 0.884. The highest BCUT2D eigenvalue weighted by Gasteiger charge is 2.25. The Bertz CT molecular complexity index is 527. The molecule has 0 saturated carbocycles. The summed E-state index contributed by atoms with van der Waals surface area (Å²) < 4.78 is 5.29. The smallest absolute Gasteiger partial charge is 0.241 e. The van der Waals surface area contributed by atoms with Crippen molar-refractivity contribution in [1.29, 1.82) is 0 Å². The van der Waals surface area contributed by atoms with Gasteiger partial charge in [0.15, 0.2) is 0 Å². The van der Waals surface area contributed by atoms with Gasteiger partial charge in [0.1, 0.15) is 5.69 Å². The van der Waals surface area contributed by atoms with Gasteiger partial charge in [-0.25, -0.2) is 0 Å². The lowest BCUT2D eigenvalue weighted by atomic mass is 10.2. The Hall–Kier alpha value is -1.79. The summed E-state index contributed by atoms with van der Waals surface area (Å²) in [5.74, 6) is 1.17. The SMILES string of the molecule is NCC1CCCN1Cc1nc(-c2ccccn2)no1. The Morgan fingerprint density at radius 1 is 1.42 bits per heavy atom. The summed E-state index contributed by atoms with van der Waals surface area (Å²) in [5, 5.41) is 3.97. The van der Waals surface area contributed by atoms with Crippen LogP contribution >= 0.6 is 0 Å². The van der Waals surface area contributed by atoms with Crippen molar-refractivity contribution >= 4 is 0 Å². The zero-order valence-corrected chi connectivity index (χ0v) is 10.7. The average Bonchev–Trinajstić information content (AvgIpc) is 3.09. The summed E-state index contributed by atoms with van der Waals surface area (Å²) in [5.41, 5.74) is 6.49. The lowest BCUT2D eigenvalue weighted by Gasteiger charge is -2.20. The van der Waals surface area contributed by atoms with Crippen LogP contribution < -0.4 is 5.73 Å². The molecule has 0 aliphatic carbocycles. The number of aromatic nitrogens is 3. The molecule has 1 unspecified atom stereocenters. The molecule has 3 rings (SSSR count). The molecule has 6 heteroatoms. The van der Waals surface area contributed by atoms with E-state index in [1.165, 1.54) is 6.42 Å². The summed E-state index contributed by atoms with van der Waals surface area (Å²) in [6.45, 7) is 2.39. The van der Waals surface area contributed by atoms with E-state index >= 15 is 0 Å². The molecule has 2 aromatic rings. The first-order valence-electron chi connectivity index (χ1n) is 6.55. The molecule has 0 aromatic carbocycles. The van der Waals surface area contributed by atoms with Crippen LogP contribution in [0, 0.1) is 0 Å². The molecule has 0 bridgehead atoms. The highest BCUT2D eigenvalue weighted by Crippen LogP contribution is 2.19. The highest BCUT2D eigenvalue weighted by molar-refractivity contribution is 5.46. The lowest BCUT2D eigenvalue weighted by Crippen LogP contribution is -2.34. The first-order chi connectivity index (χ1) is 9.36. The summed E-state index contributed by atoms with van der Waals surface area (Å²) in [6.07, 6.45) is 4.05. The van der Waals surface area contributed by atoms with E-state index in [1.54, 1.807) is 6.20 Å². The maximum atomic E-state index is 5.76. The van der Waals surface area contributed by atoms with E-state index in [9.17, 15) is 0 Å². The van der Waals surface area contributed by atoms with Gasteiger partial charge in [0.05, 0.1) is 6.54 Å². The molecule has 3 heterocycles. The van der Waals surface area contributed by atoms with Gasteiger partial charge >= 0.3 is 0 Å². The predicted molar refractivity (Wildman–Crippen MR) is 70.0 cm³/mol. The standard InChI is InChI=1S/C13H17N5O/c14-8-10-4-3-7-18(10)9-12-16-13(17-19-12)11-5-1-2-6-15-11/h1-2,5-6,10H,3-4,7-9,14H2. The van der Waals surface area contributed by atoms with Crippen LogP contribution in [0.2, 0.25) is 0 Å². The van der Waals surface area contributed by atoms with E-state index in [0.29, 0.717) is 30.8 Å². The number of hydrogen-bond donors (Lipinski definition) is 1. The first kappa shape index (κ1) is 12.3. The third kappa shape index (κ3) is 2.64. The van der Waals surface area contributed by atoms with Gasteiger partial charge < -0.3 is 10.3 Å². The summed E-state index contributed by atoms with van der Waals surface area (Å²) in [6, 6.07) is 6.07. The Morgan fingerprint density at radius 3 is 3.16 bits per heavy atom. The third-order valence-corrected chi connectivity index (χ3v) is 3.47. The van der Waals surface area contributed by atoms with Crippen LogP contribution in [0.4, 0.5) is 0 Å². The van der Waals surface area contributed by atoms with Crippen molar-refractivity contribution in [3.8, 4) is 11.5 Å². The number of hydrogen-bond acceptors (Lipinski definition) is 6. The van der Waals surface area contributed by atoms with E-state index in [2.05, 4.69) is 20.0 Å². The number of nitrogens with zero attached hydrogens (tertiary/aromatic N) is 4. The molecule has 0 radical (unpaired) electrons. The van der Waals surface area contributed by atoms with Crippen LogP contribution in [0.3, 0.4) is 0 Å². The molecule has 0 spiro atoms. The molecule has 1 saturated heterocycles. The molecule has 0 amide bonds. The van der Waals surface area contributed by atoms with Crippen molar-refractivity contribution < 1.29 is 4.52 Å². The summed E-state index contributed by atoms with van der Waals surface area (Å²) in [7, 11) is 0. The van der Waals surface area contributed by atoms with Crippen LogP contribution in [-0.2, 0) is 6.54 Å². The fraction of sp³-hybridized carbons (Fsp3) is 0.462. The molecular weight excluding hydrogens is 242 g/mol. The zero-order chi connectivity index (χ0) is 13.1. The third-order valence-electron chi connectivity index (χ3n) is 3.47. The van der Waals surface area contributed by atoms with Crippen molar-refractivity contribution in [2.24, 2.45) is 5.73 Å². The molecular formula is C13H17N5O. The Labute approximate surface area is 111 Å². The van der Waals surface area contributed by atoms with Gasteiger partial charge in [-0.05, 0) is 31.5 Å². The van der Waals surface area contributed by atoms with E-state index in [-0.39, 0.29) is 0 Å². The molecule has 1 fully saturated rings. The van der Waals surface area contributed by atoms with Gasteiger partial charge in [-0.1, -0.05) is 11.2 Å². The van der Waals surface area contributed by atoms with E-state index in [0.717, 1.165) is 18.7 Å². The van der Waals surface area contributed by atoms with Crippen molar-refractivity contribution in [2.45, 2.75) is 25.4 Å².